The van der Waals surface area contributed by atoms with E-state index in [0.717, 1.165) is 21.1 Å². The van der Waals surface area contributed by atoms with E-state index in [2.05, 4.69) is 0 Å². The Labute approximate surface area is 182 Å². The van der Waals surface area contributed by atoms with Gasteiger partial charge in [0.2, 0.25) is 5.41 Å². The molecular formula is C24H18O8. The van der Waals surface area contributed by atoms with Crippen molar-refractivity contribution in [3.05, 3.63) is 81.9 Å². The van der Waals surface area contributed by atoms with Crippen LogP contribution in [0.5, 0.6) is 0 Å². The fourth-order valence-electron chi connectivity index (χ4n) is 4.48. The first-order valence-corrected chi connectivity index (χ1v) is 9.67. The van der Waals surface area contributed by atoms with Gasteiger partial charge in [-0.3, -0.25) is 24.0 Å². The number of benzene rings is 2. The minimum absolute atomic E-state index is 0.0226. The summed E-state index contributed by atoms with van der Waals surface area (Å²) in [7, 11) is 2.13. The molecule has 0 radical (unpaired) electrons. The van der Waals surface area contributed by atoms with Crippen molar-refractivity contribution >= 4 is 29.5 Å². The second-order valence-corrected chi connectivity index (χ2v) is 7.30. The molecule has 32 heavy (non-hydrogen) atoms. The Bertz CT molecular complexity index is 1220. The SMILES string of the molecule is COC(=O)C1(C(=O)OC)C2=C(C(=O)c3ccccc3C2=O)C(OC(C)=O)c2ccccc21. The highest BCUT2D eigenvalue weighted by Crippen LogP contribution is 2.52. The van der Waals surface area contributed by atoms with Crippen molar-refractivity contribution in [1.29, 1.82) is 0 Å². The van der Waals surface area contributed by atoms with Gasteiger partial charge in [-0.05, 0) is 5.56 Å². The molecule has 0 spiro atoms. The molecule has 0 bridgehead atoms. The van der Waals surface area contributed by atoms with Gasteiger partial charge in [0.25, 0.3) is 0 Å². The van der Waals surface area contributed by atoms with Gasteiger partial charge < -0.3 is 14.2 Å². The molecule has 0 aromatic heterocycles. The molecule has 162 valence electrons. The maximum atomic E-state index is 13.7. The van der Waals surface area contributed by atoms with Crippen LogP contribution >= 0.6 is 0 Å². The minimum Gasteiger partial charge on any atom is -0.468 e. The first kappa shape index (κ1) is 21.2. The van der Waals surface area contributed by atoms with Crippen LogP contribution in [-0.2, 0) is 34.0 Å². The Kier molecular flexibility index (Phi) is 5.00. The first-order valence-electron chi connectivity index (χ1n) is 9.67. The lowest BCUT2D eigenvalue weighted by molar-refractivity contribution is -0.159. The molecule has 4 rings (SSSR count). The van der Waals surface area contributed by atoms with E-state index in [1.165, 1.54) is 24.3 Å². The summed E-state index contributed by atoms with van der Waals surface area (Å²) in [5.41, 5.74) is -2.71. The summed E-state index contributed by atoms with van der Waals surface area (Å²) in [5, 5.41) is 0. The van der Waals surface area contributed by atoms with Crippen LogP contribution in [0.1, 0.15) is 44.9 Å². The molecular weight excluding hydrogens is 416 g/mol. The van der Waals surface area contributed by atoms with Crippen molar-refractivity contribution in [3.8, 4) is 0 Å². The van der Waals surface area contributed by atoms with Crippen LogP contribution in [0.3, 0.4) is 0 Å². The van der Waals surface area contributed by atoms with Crippen LogP contribution in [0.2, 0.25) is 0 Å². The number of Topliss-reactive ketones (excluding diaryl/α,β-unsaturated/α-hetero) is 2. The number of carbonyl (C=O) groups excluding carboxylic acids is 5. The highest BCUT2D eigenvalue weighted by molar-refractivity contribution is 6.33. The van der Waals surface area contributed by atoms with Crippen molar-refractivity contribution in [2.24, 2.45) is 0 Å². The standard InChI is InChI=1S/C24H18O8/c1-12(25)32-21-15-10-6-7-11-16(15)24(22(28)30-2,23(29)31-3)18-17(21)19(26)13-8-4-5-9-14(13)20(18)27/h4-11,21H,1-3H3. The number of ketones is 2. The number of esters is 3. The van der Waals surface area contributed by atoms with E-state index in [9.17, 15) is 24.0 Å². The summed E-state index contributed by atoms with van der Waals surface area (Å²) >= 11 is 0. The summed E-state index contributed by atoms with van der Waals surface area (Å²) in [6.45, 7) is 1.16. The zero-order valence-electron chi connectivity index (χ0n) is 17.5. The number of hydrogen-bond donors (Lipinski definition) is 0. The maximum absolute atomic E-state index is 13.7. The minimum atomic E-state index is -2.37. The predicted molar refractivity (Wildman–Crippen MR) is 109 cm³/mol. The van der Waals surface area contributed by atoms with E-state index in [-0.39, 0.29) is 27.8 Å². The molecule has 1 unspecified atom stereocenters. The van der Waals surface area contributed by atoms with Crippen molar-refractivity contribution in [2.75, 3.05) is 14.2 Å². The topological polar surface area (TPSA) is 113 Å². The zero-order chi connectivity index (χ0) is 23.2. The lowest BCUT2D eigenvalue weighted by Crippen LogP contribution is -2.54. The van der Waals surface area contributed by atoms with E-state index in [1.54, 1.807) is 24.3 Å². The number of rotatable bonds is 3. The normalized spacial score (nSPS) is 18.2. The molecule has 8 nitrogen and oxygen atoms in total. The van der Waals surface area contributed by atoms with Crippen molar-refractivity contribution < 1.29 is 38.2 Å². The molecule has 0 heterocycles. The zero-order valence-corrected chi connectivity index (χ0v) is 17.5. The van der Waals surface area contributed by atoms with Crippen molar-refractivity contribution in [2.45, 2.75) is 18.4 Å². The molecule has 8 heteroatoms. The second kappa shape index (κ2) is 7.56. The van der Waals surface area contributed by atoms with Crippen LogP contribution in [0.4, 0.5) is 0 Å². The quantitative estimate of drug-likeness (QED) is 0.411. The predicted octanol–water partition coefficient (Wildman–Crippen LogP) is 2.26. The molecule has 0 fully saturated rings. The van der Waals surface area contributed by atoms with Crippen molar-refractivity contribution in [3.63, 3.8) is 0 Å². The molecule has 2 aliphatic carbocycles. The fourth-order valence-corrected chi connectivity index (χ4v) is 4.48. The second-order valence-electron chi connectivity index (χ2n) is 7.30. The first-order chi connectivity index (χ1) is 15.3. The van der Waals surface area contributed by atoms with E-state index in [1.807, 2.05) is 0 Å². The Balaban J connectivity index is 2.20. The lowest BCUT2D eigenvalue weighted by atomic mass is 9.60. The number of fused-ring (bicyclic) bond motifs is 2. The Morgan fingerprint density at radius 1 is 0.812 bits per heavy atom. The largest absolute Gasteiger partial charge is 0.468 e. The van der Waals surface area contributed by atoms with E-state index < -0.39 is 46.6 Å². The third-order valence-electron chi connectivity index (χ3n) is 5.71. The Hall–Kier alpha value is -4.07. The molecule has 1 atom stereocenters. The number of carbonyl (C=O) groups is 5. The van der Waals surface area contributed by atoms with E-state index in [4.69, 9.17) is 14.2 Å². The molecule has 0 saturated carbocycles. The molecule has 0 N–H and O–H groups in total. The number of hydrogen-bond acceptors (Lipinski definition) is 8. The van der Waals surface area contributed by atoms with E-state index in [0.29, 0.717) is 0 Å². The van der Waals surface area contributed by atoms with Crippen LogP contribution in [-0.4, -0.2) is 43.7 Å². The van der Waals surface area contributed by atoms with Gasteiger partial charge in [-0.25, -0.2) is 0 Å². The highest BCUT2D eigenvalue weighted by Gasteiger charge is 2.63. The third-order valence-corrected chi connectivity index (χ3v) is 5.71. The number of ether oxygens (including phenoxy) is 3. The van der Waals surface area contributed by atoms with Gasteiger partial charge in [-0.1, -0.05) is 48.5 Å². The average molecular weight is 434 g/mol. The van der Waals surface area contributed by atoms with Crippen LogP contribution in [0.15, 0.2) is 59.7 Å². The summed E-state index contributed by atoms with van der Waals surface area (Å²) in [4.78, 5) is 65.8. The van der Waals surface area contributed by atoms with Crippen LogP contribution in [0, 0.1) is 0 Å². The van der Waals surface area contributed by atoms with Gasteiger partial charge in [0, 0.05) is 29.2 Å². The number of methoxy groups -OCH3 is 2. The summed E-state index contributed by atoms with van der Waals surface area (Å²) in [6, 6.07) is 12.2. The van der Waals surface area contributed by atoms with Gasteiger partial charge >= 0.3 is 17.9 Å². The van der Waals surface area contributed by atoms with Gasteiger partial charge in [0.15, 0.2) is 17.7 Å². The average Bonchev–Trinajstić information content (AvgIpc) is 2.81. The molecule has 0 amide bonds. The van der Waals surface area contributed by atoms with Gasteiger partial charge in [-0.2, -0.15) is 0 Å². The summed E-state index contributed by atoms with van der Waals surface area (Å²) in [6.07, 6.45) is -1.30. The Morgan fingerprint density at radius 2 is 1.34 bits per heavy atom. The maximum Gasteiger partial charge on any atom is 0.332 e. The third kappa shape index (κ3) is 2.65. The summed E-state index contributed by atoms with van der Waals surface area (Å²) in [5.74, 6) is -4.25. The van der Waals surface area contributed by atoms with Gasteiger partial charge in [0.05, 0.1) is 19.8 Å². The van der Waals surface area contributed by atoms with Crippen LogP contribution in [0.25, 0.3) is 0 Å². The van der Waals surface area contributed by atoms with Gasteiger partial charge in [-0.15, -0.1) is 0 Å². The van der Waals surface area contributed by atoms with Crippen LogP contribution < -0.4 is 0 Å². The monoisotopic (exact) mass is 434 g/mol. The van der Waals surface area contributed by atoms with Crippen molar-refractivity contribution in [1.82, 2.24) is 0 Å². The van der Waals surface area contributed by atoms with E-state index >= 15 is 0 Å². The fraction of sp³-hybridized carbons (Fsp3) is 0.208. The lowest BCUT2D eigenvalue weighted by Gasteiger charge is -2.41. The molecule has 2 aliphatic rings. The highest BCUT2D eigenvalue weighted by atomic mass is 16.6. The molecule has 2 aromatic rings. The smallest absolute Gasteiger partial charge is 0.332 e. The summed E-state index contributed by atoms with van der Waals surface area (Å²) < 4.78 is 15.4. The molecule has 0 aliphatic heterocycles. The Morgan fingerprint density at radius 3 is 1.91 bits per heavy atom. The molecule has 2 aromatic carbocycles. The van der Waals surface area contributed by atoms with Gasteiger partial charge in [0.1, 0.15) is 0 Å². The molecule has 0 saturated heterocycles.